The molecule has 1 N–H and O–H groups in total. The first-order valence-electron chi connectivity index (χ1n) is 9.54. The minimum atomic E-state index is -0.0794. The molecule has 140 valence electrons. The molecule has 0 bridgehead atoms. The molecule has 1 aliphatic heterocycles. The lowest BCUT2D eigenvalue weighted by Crippen LogP contribution is -2.40. The third-order valence-corrected chi connectivity index (χ3v) is 5.60. The molecular formula is C22H20N4O2. The molecule has 0 unspecified atom stereocenters. The van der Waals surface area contributed by atoms with Crippen molar-refractivity contribution in [3.8, 4) is 0 Å². The molecule has 1 fully saturated rings. The predicted octanol–water partition coefficient (Wildman–Crippen LogP) is 3.36. The first-order valence-corrected chi connectivity index (χ1v) is 9.54. The van der Waals surface area contributed by atoms with E-state index in [1.54, 1.807) is 6.20 Å². The number of benzene rings is 2. The molecular weight excluding hydrogens is 352 g/mol. The second-order valence-electron chi connectivity index (χ2n) is 7.22. The highest BCUT2D eigenvalue weighted by Crippen LogP contribution is 2.26. The van der Waals surface area contributed by atoms with Crippen molar-refractivity contribution in [1.29, 1.82) is 0 Å². The fourth-order valence-electron chi connectivity index (χ4n) is 4.21. The van der Waals surface area contributed by atoms with Gasteiger partial charge in [-0.3, -0.25) is 14.3 Å². The number of aromatic nitrogens is 3. The number of piperidine rings is 1. The lowest BCUT2D eigenvalue weighted by molar-refractivity contribution is 0.0697. The van der Waals surface area contributed by atoms with Gasteiger partial charge in [-0.1, -0.05) is 30.3 Å². The van der Waals surface area contributed by atoms with E-state index in [1.165, 1.54) is 0 Å². The van der Waals surface area contributed by atoms with Gasteiger partial charge in [-0.05, 0) is 37.1 Å². The monoisotopic (exact) mass is 372 g/mol. The number of aromatic amines is 1. The molecule has 2 aromatic heterocycles. The number of pyridine rings is 1. The van der Waals surface area contributed by atoms with Gasteiger partial charge in [-0.15, -0.1) is 0 Å². The molecule has 0 radical (unpaired) electrons. The summed E-state index contributed by atoms with van der Waals surface area (Å²) in [6.07, 6.45) is 3.23. The number of carbonyl (C=O) groups excluding carboxylic acids is 1. The minimum absolute atomic E-state index is 0.00836. The molecule has 5 rings (SSSR count). The summed E-state index contributed by atoms with van der Waals surface area (Å²) in [6, 6.07) is 17.4. The van der Waals surface area contributed by atoms with Gasteiger partial charge >= 0.3 is 5.69 Å². The molecule has 1 aliphatic rings. The highest BCUT2D eigenvalue weighted by atomic mass is 16.2. The normalized spacial score (nSPS) is 15.4. The Morgan fingerprint density at radius 1 is 1.00 bits per heavy atom. The SMILES string of the molecule is O=C(c1cccc2cccnc12)N1CCC(n2c(=O)[nH]c3ccccc32)CC1. The zero-order valence-corrected chi connectivity index (χ0v) is 15.3. The maximum absolute atomic E-state index is 13.1. The number of hydrogen-bond acceptors (Lipinski definition) is 3. The fourth-order valence-corrected chi connectivity index (χ4v) is 4.21. The standard InChI is InChI=1S/C22H20N4O2/c27-21(17-7-3-5-15-6-4-12-23-20(15)17)25-13-10-16(11-14-25)26-19-9-2-1-8-18(19)24-22(26)28/h1-9,12,16H,10-11,13-14H2,(H,24,28). The van der Waals surface area contributed by atoms with E-state index in [-0.39, 0.29) is 17.6 Å². The van der Waals surface area contributed by atoms with Crippen LogP contribution < -0.4 is 5.69 Å². The van der Waals surface area contributed by atoms with Crippen LogP contribution in [0.2, 0.25) is 0 Å². The maximum atomic E-state index is 13.1. The van der Waals surface area contributed by atoms with Crippen LogP contribution in [-0.2, 0) is 0 Å². The van der Waals surface area contributed by atoms with Crippen molar-refractivity contribution in [3.63, 3.8) is 0 Å². The molecule has 4 aromatic rings. The summed E-state index contributed by atoms with van der Waals surface area (Å²) in [4.78, 5) is 34.7. The van der Waals surface area contributed by atoms with Crippen LogP contribution in [0.1, 0.15) is 29.2 Å². The van der Waals surface area contributed by atoms with E-state index in [0.29, 0.717) is 18.7 Å². The van der Waals surface area contributed by atoms with Crippen molar-refractivity contribution in [2.24, 2.45) is 0 Å². The Morgan fingerprint density at radius 3 is 2.64 bits per heavy atom. The first-order chi connectivity index (χ1) is 13.7. The minimum Gasteiger partial charge on any atom is -0.338 e. The van der Waals surface area contributed by atoms with Crippen molar-refractivity contribution in [2.75, 3.05) is 13.1 Å². The number of nitrogens with one attached hydrogen (secondary N) is 1. The van der Waals surface area contributed by atoms with Crippen LogP contribution in [0, 0.1) is 0 Å². The van der Waals surface area contributed by atoms with Crippen molar-refractivity contribution in [3.05, 3.63) is 76.8 Å². The summed E-state index contributed by atoms with van der Waals surface area (Å²) >= 11 is 0. The average Bonchev–Trinajstić information content (AvgIpc) is 3.08. The molecule has 0 atom stereocenters. The Morgan fingerprint density at radius 2 is 1.79 bits per heavy atom. The van der Waals surface area contributed by atoms with Gasteiger partial charge in [0.15, 0.2) is 0 Å². The third-order valence-electron chi connectivity index (χ3n) is 5.60. The molecule has 2 aromatic carbocycles. The number of imidazole rings is 1. The molecule has 0 aliphatic carbocycles. The number of H-pyrrole nitrogens is 1. The molecule has 0 saturated carbocycles. The van der Waals surface area contributed by atoms with Crippen LogP contribution in [0.4, 0.5) is 0 Å². The first kappa shape index (κ1) is 16.7. The van der Waals surface area contributed by atoms with Gasteiger partial charge in [0.1, 0.15) is 0 Å². The van der Waals surface area contributed by atoms with Crippen LogP contribution in [-0.4, -0.2) is 38.4 Å². The van der Waals surface area contributed by atoms with Crippen molar-refractivity contribution in [1.82, 2.24) is 19.4 Å². The van der Waals surface area contributed by atoms with E-state index < -0.39 is 0 Å². The van der Waals surface area contributed by atoms with E-state index in [2.05, 4.69) is 9.97 Å². The zero-order valence-electron chi connectivity index (χ0n) is 15.3. The highest BCUT2D eigenvalue weighted by molar-refractivity contribution is 6.05. The summed E-state index contributed by atoms with van der Waals surface area (Å²) < 4.78 is 1.84. The largest absolute Gasteiger partial charge is 0.338 e. The third kappa shape index (κ3) is 2.69. The Balaban J connectivity index is 1.39. The van der Waals surface area contributed by atoms with Gasteiger partial charge < -0.3 is 9.88 Å². The lowest BCUT2D eigenvalue weighted by atomic mass is 10.0. The second kappa shape index (κ2) is 6.64. The van der Waals surface area contributed by atoms with Crippen LogP contribution in [0.15, 0.2) is 65.6 Å². The molecule has 28 heavy (non-hydrogen) atoms. The van der Waals surface area contributed by atoms with Crippen molar-refractivity contribution in [2.45, 2.75) is 18.9 Å². The number of likely N-dealkylation sites (tertiary alicyclic amines) is 1. The number of para-hydroxylation sites is 3. The van der Waals surface area contributed by atoms with Crippen LogP contribution in [0.5, 0.6) is 0 Å². The van der Waals surface area contributed by atoms with Crippen LogP contribution >= 0.6 is 0 Å². The summed E-state index contributed by atoms with van der Waals surface area (Å²) in [7, 11) is 0. The number of hydrogen-bond donors (Lipinski definition) is 1. The van der Waals surface area contributed by atoms with Crippen molar-refractivity contribution < 1.29 is 4.79 Å². The Bertz CT molecular complexity index is 1230. The summed E-state index contributed by atoms with van der Waals surface area (Å²) in [5, 5.41) is 0.966. The second-order valence-corrected chi connectivity index (χ2v) is 7.22. The molecule has 6 nitrogen and oxygen atoms in total. The number of fused-ring (bicyclic) bond motifs is 2. The smallest absolute Gasteiger partial charge is 0.326 e. The quantitative estimate of drug-likeness (QED) is 0.587. The summed E-state index contributed by atoms with van der Waals surface area (Å²) in [5.41, 5.74) is 3.08. The van der Waals surface area contributed by atoms with Crippen LogP contribution in [0.25, 0.3) is 21.9 Å². The van der Waals surface area contributed by atoms with Gasteiger partial charge in [-0.2, -0.15) is 0 Å². The number of carbonyl (C=O) groups is 1. The molecule has 0 spiro atoms. The number of amides is 1. The molecule has 1 saturated heterocycles. The van der Waals surface area contributed by atoms with Gasteiger partial charge in [0.05, 0.1) is 22.1 Å². The fraction of sp³-hybridized carbons (Fsp3) is 0.227. The van der Waals surface area contributed by atoms with Gasteiger partial charge in [-0.25, -0.2) is 4.79 Å². The molecule has 1 amide bonds. The lowest BCUT2D eigenvalue weighted by Gasteiger charge is -2.32. The highest BCUT2D eigenvalue weighted by Gasteiger charge is 2.27. The van der Waals surface area contributed by atoms with Gasteiger partial charge in [0.25, 0.3) is 5.91 Å². The van der Waals surface area contributed by atoms with Gasteiger partial charge in [0, 0.05) is 30.7 Å². The number of rotatable bonds is 2. The van der Waals surface area contributed by atoms with E-state index >= 15 is 0 Å². The Labute approximate surface area is 161 Å². The Kier molecular flexibility index (Phi) is 3.97. The summed E-state index contributed by atoms with van der Waals surface area (Å²) in [6.45, 7) is 1.25. The average molecular weight is 372 g/mol. The van der Waals surface area contributed by atoms with Crippen molar-refractivity contribution >= 4 is 27.8 Å². The van der Waals surface area contributed by atoms with E-state index in [1.807, 2.05) is 64.1 Å². The maximum Gasteiger partial charge on any atom is 0.326 e. The number of nitrogens with zero attached hydrogens (tertiary/aromatic N) is 3. The molecule has 3 heterocycles. The van der Waals surface area contributed by atoms with E-state index in [9.17, 15) is 9.59 Å². The Hall–Kier alpha value is -3.41. The molecule has 6 heteroatoms. The zero-order chi connectivity index (χ0) is 19.1. The van der Waals surface area contributed by atoms with E-state index in [0.717, 1.165) is 34.8 Å². The van der Waals surface area contributed by atoms with Crippen LogP contribution in [0.3, 0.4) is 0 Å². The topological polar surface area (TPSA) is 71.0 Å². The summed E-state index contributed by atoms with van der Waals surface area (Å²) in [5.74, 6) is 0.00836. The van der Waals surface area contributed by atoms with E-state index in [4.69, 9.17) is 0 Å². The van der Waals surface area contributed by atoms with Gasteiger partial charge in [0.2, 0.25) is 0 Å². The predicted molar refractivity (Wildman–Crippen MR) is 108 cm³/mol.